The van der Waals surface area contributed by atoms with E-state index in [1.165, 1.54) is 4.68 Å². The first-order chi connectivity index (χ1) is 9.74. The quantitative estimate of drug-likeness (QED) is 0.836. The van der Waals surface area contributed by atoms with Crippen LogP contribution in [0.1, 0.15) is 23.2 Å². The summed E-state index contributed by atoms with van der Waals surface area (Å²) in [5.74, 6) is 0. The van der Waals surface area contributed by atoms with E-state index in [-0.39, 0.29) is 11.4 Å². The molecule has 0 aliphatic heterocycles. The number of sulfonamides is 1. The molecule has 0 aromatic carbocycles. The molecular formula is C13H20N4O3S. The molecule has 116 valence electrons. The molecule has 0 unspecified atom stereocenters. The van der Waals surface area contributed by atoms with Crippen LogP contribution < -0.4 is 4.72 Å². The summed E-state index contributed by atoms with van der Waals surface area (Å²) in [5, 5.41) is 14.2. The van der Waals surface area contributed by atoms with E-state index in [1.807, 2.05) is 0 Å². The topological polar surface area (TPSA) is 89.2 Å². The zero-order valence-electron chi connectivity index (χ0n) is 12.5. The van der Waals surface area contributed by atoms with Gasteiger partial charge in [-0.3, -0.25) is 4.68 Å². The lowest BCUT2D eigenvalue weighted by molar-refractivity contribution is 0.173. The van der Waals surface area contributed by atoms with Gasteiger partial charge in [0.2, 0.25) is 10.0 Å². The predicted molar refractivity (Wildman–Crippen MR) is 78.2 cm³/mol. The van der Waals surface area contributed by atoms with Crippen molar-refractivity contribution in [3.8, 4) is 0 Å². The van der Waals surface area contributed by atoms with Crippen LogP contribution in [-0.2, 0) is 24.1 Å². The second-order valence-electron chi connectivity index (χ2n) is 5.04. The third-order valence-corrected chi connectivity index (χ3v) is 5.18. The van der Waals surface area contributed by atoms with Crippen molar-refractivity contribution in [1.82, 2.24) is 19.1 Å². The van der Waals surface area contributed by atoms with Crippen LogP contribution in [0.15, 0.2) is 23.2 Å². The van der Waals surface area contributed by atoms with Crippen LogP contribution >= 0.6 is 0 Å². The van der Waals surface area contributed by atoms with Gasteiger partial charge in [0.1, 0.15) is 11.0 Å². The highest BCUT2D eigenvalue weighted by Gasteiger charge is 2.24. The monoisotopic (exact) mass is 312 g/mol. The van der Waals surface area contributed by atoms with E-state index < -0.39 is 16.1 Å². The Balaban J connectivity index is 2.17. The Morgan fingerprint density at radius 2 is 2.05 bits per heavy atom. The molecule has 0 saturated carbocycles. The first-order valence-corrected chi connectivity index (χ1v) is 8.01. The van der Waals surface area contributed by atoms with E-state index in [2.05, 4.69) is 9.82 Å². The van der Waals surface area contributed by atoms with E-state index in [0.29, 0.717) is 17.1 Å². The molecule has 0 amide bonds. The van der Waals surface area contributed by atoms with E-state index in [1.54, 1.807) is 50.8 Å². The number of aliphatic hydroxyl groups is 1. The van der Waals surface area contributed by atoms with Crippen LogP contribution in [0.25, 0.3) is 0 Å². The van der Waals surface area contributed by atoms with Crippen molar-refractivity contribution >= 4 is 10.0 Å². The summed E-state index contributed by atoms with van der Waals surface area (Å²) in [5.41, 5.74) is 1.65. The molecule has 0 radical (unpaired) electrons. The fraction of sp³-hybridized carbons (Fsp3) is 0.462. The van der Waals surface area contributed by atoms with Gasteiger partial charge in [-0.15, -0.1) is 0 Å². The number of hydrogen-bond acceptors (Lipinski definition) is 4. The van der Waals surface area contributed by atoms with Gasteiger partial charge in [-0.2, -0.15) is 5.10 Å². The molecule has 0 saturated heterocycles. The van der Waals surface area contributed by atoms with E-state index >= 15 is 0 Å². The fourth-order valence-electron chi connectivity index (χ4n) is 2.33. The molecule has 2 rings (SSSR count). The van der Waals surface area contributed by atoms with Gasteiger partial charge >= 0.3 is 0 Å². The summed E-state index contributed by atoms with van der Waals surface area (Å²) in [7, 11) is -0.214. The first kappa shape index (κ1) is 15.7. The standard InChI is InChI=1S/C13H20N4O3S/c1-9-13(10(2)17(4)15-9)21(19,20)14-8-12(18)11-6-5-7-16(11)3/h5-7,12,14,18H,8H2,1-4H3/t12-/m0/s1. The van der Waals surface area contributed by atoms with Gasteiger partial charge in [0.15, 0.2) is 0 Å². The van der Waals surface area contributed by atoms with Crippen molar-refractivity contribution in [3.63, 3.8) is 0 Å². The first-order valence-electron chi connectivity index (χ1n) is 6.53. The number of aryl methyl sites for hydroxylation is 3. The molecule has 7 nitrogen and oxygen atoms in total. The smallest absolute Gasteiger partial charge is 0.244 e. The summed E-state index contributed by atoms with van der Waals surface area (Å²) >= 11 is 0. The number of hydrogen-bond donors (Lipinski definition) is 2. The van der Waals surface area contributed by atoms with E-state index in [9.17, 15) is 13.5 Å². The fourth-order valence-corrected chi connectivity index (χ4v) is 3.80. The summed E-state index contributed by atoms with van der Waals surface area (Å²) < 4.78 is 30.4. The van der Waals surface area contributed by atoms with Crippen LogP contribution in [0, 0.1) is 13.8 Å². The lowest BCUT2D eigenvalue weighted by atomic mass is 10.2. The molecular weight excluding hydrogens is 292 g/mol. The summed E-state index contributed by atoms with van der Waals surface area (Å²) in [6.07, 6.45) is 0.889. The van der Waals surface area contributed by atoms with Gasteiger partial charge in [0.25, 0.3) is 0 Å². The van der Waals surface area contributed by atoms with Gasteiger partial charge < -0.3 is 9.67 Å². The molecule has 2 aromatic heterocycles. The Labute approximate surface area is 124 Å². The Bertz CT molecular complexity index is 746. The number of rotatable bonds is 5. The zero-order chi connectivity index (χ0) is 15.8. The summed E-state index contributed by atoms with van der Waals surface area (Å²) in [4.78, 5) is 0.170. The highest BCUT2D eigenvalue weighted by atomic mass is 32.2. The average Bonchev–Trinajstić information content (AvgIpc) is 2.91. The summed E-state index contributed by atoms with van der Waals surface area (Å²) in [6.45, 7) is 3.26. The molecule has 0 aliphatic rings. The molecule has 1 atom stereocenters. The van der Waals surface area contributed by atoms with Crippen molar-refractivity contribution < 1.29 is 13.5 Å². The number of aliphatic hydroxyl groups excluding tert-OH is 1. The van der Waals surface area contributed by atoms with Crippen LogP contribution in [0.4, 0.5) is 0 Å². The maximum absolute atomic E-state index is 12.4. The van der Waals surface area contributed by atoms with Crippen LogP contribution in [0.5, 0.6) is 0 Å². The second kappa shape index (κ2) is 5.63. The van der Waals surface area contributed by atoms with Crippen molar-refractivity contribution in [3.05, 3.63) is 35.4 Å². The van der Waals surface area contributed by atoms with Gasteiger partial charge in [0, 0.05) is 32.5 Å². The van der Waals surface area contributed by atoms with Crippen molar-refractivity contribution in [2.45, 2.75) is 24.8 Å². The molecule has 0 fully saturated rings. The Morgan fingerprint density at radius 1 is 1.38 bits per heavy atom. The highest BCUT2D eigenvalue weighted by Crippen LogP contribution is 2.19. The molecule has 2 aromatic rings. The minimum absolute atomic E-state index is 0.0893. The van der Waals surface area contributed by atoms with E-state index in [4.69, 9.17) is 0 Å². The molecule has 21 heavy (non-hydrogen) atoms. The van der Waals surface area contributed by atoms with Crippen LogP contribution in [0.2, 0.25) is 0 Å². The van der Waals surface area contributed by atoms with Crippen molar-refractivity contribution in [2.24, 2.45) is 14.1 Å². The zero-order valence-corrected chi connectivity index (χ0v) is 13.3. The van der Waals surface area contributed by atoms with Gasteiger partial charge in [-0.25, -0.2) is 13.1 Å². The predicted octanol–water partition coefficient (Wildman–Crippen LogP) is 0.387. The molecule has 0 bridgehead atoms. The Morgan fingerprint density at radius 3 is 2.52 bits per heavy atom. The maximum Gasteiger partial charge on any atom is 0.244 e. The second-order valence-corrected chi connectivity index (χ2v) is 6.74. The van der Waals surface area contributed by atoms with Gasteiger partial charge in [-0.05, 0) is 26.0 Å². The molecule has 8 heteroatoms. The Hall–Kier alpha value is -1.64. The largest absolute Gasteiger partial charge is 0.386 e. The third kappa shape index (κ3) is 3.02. The lowest BCUT2D eigenvalue weighted by Crippen LogP contribution is -2.30. The average molecular weight is 312 g/mol. The summed E-state index contributed by atoms with van der Waals surface area (Å²) in [6, 6.07) is 3.54. The third-order valence-electron chi connectivity index (χ3n) is 3.50. The molecule has 0 aliphatic carbocycles. The molecule has 2 heterocycles. The normalized spacial score (nSPS) is 13.6. The lowest BCUT2D eigenvalue weighted by Gasteiger charge is -2.13. The minimum Gasteiger partial charge on any atom is -0.386 e. The SMILES string of the molecule is Cc1nn(C)c(C)c1S(=O)(=O)NC[C@H](O)c1cccn1C. The maximum atomic E-state index is 12.4. The molecule has 2 N–H and O–H groups in total. The number of nitrogens with zero attached hydrogens (tertiary/aromatic N) is 3. The molecule has 0 spiro atoms. The van der Waals surface area contributed by atoms with Crippen LogP contribution in [0.3, 0.4) is 0 Å². The van der Waals surface area contributed by atoms with Gasteiger partial charge in [-0.1, -0.05) is 0 Å². The van der Waals surface area contributed by atoms with Crippen LogP contribution in [-0.4, -0.2) is 34.4 Å². The Kier molecular flexibility index (Phi) is 4.22. The van der Waals surface area contributed by atoms with Crippen molar-refractivity contribution in [1.29, 1.82) is 0 Å². The van der Waals surface area contributed by atoms with Gasteiger partial charge in [0.05, 0.1) is 11.4 Å². The highest BCUT2D eigenvalue weighted by molar-refractivity contribution is 7.89. The van der Waals surface area contributed by atoms with Crippen molar-refractivity contribution in [2.75, 3.05) is 6.54 Å². The number of aromatic nitrogens is 3. The number of nitrogens with one attached hydrogen (secondary N) is 1. The van der Waals surface area contributed by atoms with E-state index in [0.717, 1.165) is 0 Å². The minimum atomic E-state index is -3.70.